The maximum absolute atomic E-state index is 6.93. The van der Waals surface area contributed by atoms with Gasteiger partial charge in [-0.3, -0.25) is 4.57 Å². The van der Waals surface area contributed by atoms with Crippen molar-refractivity contribution in [1.29, 1.82) is 0 Å². The van der Waals surface area contributed by atoms with E-state index in [4.69, 9.17) is 21.6 Å². The topological polar surface area (TPSA) is 30.7 Å². The van der Waals surface area contributed by atoms with Gasteiger partial charge in [0.05, 0.1) is 26.8 Å². The molecule has 0 N–H and O–H groups in total. The fourth-order valence-electron chi connectivity index (χ4n) is 6.24. The maximum atomic E-state index is 6.93. The first-order valence-corrected chi connectivity index (χ1v) is 14.1. The van der Waals surface area contributed by atoms with E-state index in [-0.39, 0.29) is 0 Å². The van der Waals surface area contributed by atoms with E-state index in [1.807, 2.05) is 35.6 Å². The van der Waals surface area contributed by atoms with Crippen LogP contribution in [0.4, 0.5) is 0 Å². The van der Waals surface area contributed by atoms with Crippen molar-refractivity contribution in [3.8, 4) is 5.82 Å². The number of thiophene rings is 1. The summed E-state index contributed by atoms with van der Waals surface area (Å²) in [5.74, 6) is 0.653. The van der Waals surface area contributed by atoms with E-state index in [9.17, 15) is 0 Å². The number of benzene rings is 6. The fraction of sp³-hybridized carbons (Fsp3) is 0. The lowest BCUT2D eigenvalue weighted by molar-refractivity contribution is 1.08. The third-order valence-corrected chi connectivity index (χ3v) is 9.36. The molecule has 5 heteroatoms. The monoisotopic (exact) mass is 535 g/mol. The van der Waals surface area contributed by atoms with Gasteiger partial charge in [0.2, 0.25) is 0 Å². The number of halogens is 1. The third-order valence-electron chi connectivity index (χ3n) is 7.86. The molecule has 0 saturated heterocycles. The number of nitrogens with zero attached hydrogens (tertiary/aromatic N) is 3. The van der Waals surface area contributed by atoms with Gasteiger partial charge < -0.3 is 0 Å². The van der Waals surface area contributed by atoms with E-state index in [0.29, 0.717) is 11.0 Å². The van der Waals surface area contributed by atoms with Gasteiger partial charge in [0, 0.05) is 26.2 Å². The number of para-hydroxylation sites is 3. The van der Waals surface area contributed by atoms with Crippen molar-refractivity contribution in [3.63, 3.8) is 0 Å². The summed E-state index contributed by atoms with van der Waals surface area (Å²) in [6.07, 6.45) is 0. The molecule has 0 atom stereocenters. The normalized spacial score (nSPS) is 12.2. The van der Waals surface area contributed by atoms with Gasteiger partial charge in [0.15, 0.2) is 11.0 Å². The zero-order valence-electron chi connectivity index (χ0n) is 20.5. The SMILES string of the molecule is Clc1nc2ccccc2nc1-n1c2ccccc2c2c3ccccc3c3c4ccc5ccccc5c4sc3c21. The van der Waals surface area contributed by atoms with Crippen LogP contribution in [0, 0.1) is 0 Å². The largest absolute Gasteiger partial charge is 0.290 e. The Bertz CT molecular complexity index is 2470. The molecule has 0 unspecified atom stereocenters. The molecule has 9 rings (SSSR count). The highest BCUT2D eigenvalue weighted by atomic mass is 35.5. The first kappa shape index (κ1) is 21.4. The van der Waals surface area contributed by atoms with Crippen molar-refractivity contribution in [3.05, 3.63) is 114 Å². The Labute approximate surface area is 231 Å². The lowest BCUT2D eigenvalue weighted by Gasteiger charge is -2.11. The first-order chi connectivity index (χ1) is 19.3. The number of aromatic nitrogens is 3. The van der Waals surface area contributed by atoms with Crippen LogP contribution in [0.15, 0.2) is 109 Å². The van der Waals surface area contributed by atoms with E-state index < -0.39 is 0 Å². The van der Waals surface area contributed by atoms with Gasteiger partial charge in [0.25, 0.3) is 0 Å². The Hall–Kier alpha value is -4.51. The van der Waals surface area contributed by atoms with Crippen molar-refractivity contribution in [2.75, 3.05) is 0 Å². The van der Waals surface area contributed by atoms with Crippen LogP contribution in [0.1, 0.15) is 0 Å². The highest BCUT2D eigenvalue weighted by molar-refractivity contribution is 7.27. The minimum Gasteiger partial charge on any atom is -0.290 e. The molecule has 0 fully saturated rings. The summed E-state index contributed by atoms with van der Waals surface area (Å²) >= 11 is 8.79. The summed E-state index contributed by atoms with van der Waals surface area (Å²) in [6, 6.07) is 38.4. The summed E-state index contributed by atoms with van der Waals surface area (Å²) in [4.78, 5) is 9.84. The van der Waals surface area contributed by atoms with Gasteiger partial charge in [-0.15, -0.1) is 11.3 Å². The summed E-state index contributed by atoms with van der Waals surface area (Å²) in [6.45, 7) is 0. The standard InChI is InChI=1S/C34H18ClN3S/c35-33-34(37-26-15-7-6-14-25(26)36-33)38-27-16-8-5-13-23(27)28-21-11-3-4-12-22(21)29-24-18-17-19-9-1-2-10-20(19)31(24)39-32(29)30(28)38/h1-18H. The van der Waals surface area contributed by atoms with Gasteiger partial charge in [-0.1, -0.05) is 103 Å². The average Bonchev–Trinajstić information content (AvgIpc) is 3.54. The molecule has 0 aliphatic carbocycles. The lowest BCUT2D eigenvalue weighted by Crippen LogP contribution is -2.01. The molecule has 0 bridgehead atoms. The fourth-order valence-corrected chi connectivity index (χ4v) is 7.85. The Morgan fingerprint density at radius 2 is 1.18 bits per heavy atom. The van der Waals surface area contributed by atoms with Crippen molar-refractivity contribution >= 4 is 97.5 Å². The van der Waals surface area contributed by atoms with E-state index in [0.717, 1.165) is 22.1 Å². The smallest absolute Gasteiger partial charge is 0.176 e. The summed E-state index contributed by atoms with van der Waals surface area (Å²) < 4.78 is 4.77. The highest BCUT2D eigenvalue weighted by Crippen LogP contribution is 2.49. The third kappa shape index (κ3) is 2.82. The van der Waals surface area contributed by atoms with Crippen molar-refractivity contribution < 1.29 is 0 Å². The molecule has 3 heterocycles. The molecule has 3 nitrogen and oxygen atoms in total. The molecule has 0 spiro atoms. The predicted molar refractivity (Wildman–Crippen MR) is 167 cm³/mol. The Balaban J connectivity index is 1.60. The molecule has 182 valence electrons. The van der Waals surface area contributed by atoms with Crippen LogP contribution < -0.4 is 0 Å². The quantitative estimate of drug-likeness (QED) is 0.209. The average molecular weight is 536 g/mol. The van der Waals surface area contributed by atoms with Gasteiger partial charge in [-0.2, -0.15) is 0 Å². The molecular formula is C34H18ClN3S. The van der Waals surface area contributed by atoms with Crippen LogP contribution in [-0.2, 0) is 0 Å². The molecular weight excluding hydrogens is 518 g/mol. The Morgan fingerprint density at radius 3 is 2.00 bits per heavy atom. The van der Waals surface area contributed by atoms with Crippen LogP contribution in [0.5, 0.6) is 0 Å². The van der Waals surface area contributed by atoms with Gasteiger partial charge in [0.1, 0.15) is 0 Å². The molecule has 0 radical (unpaired) electrons. The minimum absolute atomic E-state index is 0.393. The van der Waals surface area contributed by atoms with Crippen LogP contribution in [0.25, 0.3) is 80.4 Å². The highest BCUT2D eigenvalue weighted by Gasteiger charge is 2.24. The molecule has 0 amide bonds. The van der Waals surface area contributed by atoms with Gasteiger partial charge >= 0.3 is 0 Å². The van der Waals surface area contributed by atoms with E-state index in [1.54, 1.807) is 0 Å². The van der Waals surface area contributed by atoms with E-state index in [1.165, 1.54) is 52.5 Å². The molecule has 0 aliphatic rings. The molecule has 9 aromatic rings. The zero-order valence-corrected chi connectivity index (χ0v) is 22.1. The first-order valence-electron chi connectivity index (χ1n) is 12.9. The number of fused-ring (bicyclic) bond motifs is 13. The van der Waals surface area contributed by atoms with Crippen molar-refractivity contribution in [2.24, 2.45) is 0 Å². The van der Waals surface area contributed by atoms with E-state index >= 15 is 0 Å². The van der Waals surface area contributed by atoms with Crippen molar-refractivity contribution in [1.82, 2.24) is 14.5 Å². The molecule has 39 heavy (non-hydrogen) atoms. The zero-order chi connectivity index (χ0) is 25.7. The summed E-state index contributed by atoms with van der Waals surface area (Å²) in [5, 5.41) is 10.4. The molecule has 0 aliphatic heterocycles. The van der Waals surface area contributed by atoms with Crippen LogP contribution >= 0.6 is 22.9 Å². The van der Waals surface area contributed by atoms with Gasteiger partial charge in [-0.25, -0.2) is 9.97 Å². The van der Waals surface area contributed by atoms with E-state index in [2.05, 4.69) is 89.5 Å². The Kier molecular flexibility index (Phi) is 4.26. The summed E-state index contributed by atoms with van der Waals surface area (Å²) in [7, 11) is 0. The van der Waals surface area contributed by atoms with Crippen LogP contribution in [0.3, 0.4) is 0 Å². The minimum atomic E-state index is 0.393. The lowest BCUT2D eigenvalue weighted by atomic mass is 9.98. The molecule has 3 aromatic heterocycles. The molecule has 0 saturated carbocycles. The van der Waals surface area contributed by atoms with Crippen molar-refractivity contribution in [2.45, 2.75) is 0 Å². The molecule has 6 aromatic carbocycles. The number of hydrogen-bond donors (Lipinski definition) is 0. The van der Waals surface area contributed by atoms with Crippen LogP contribution in [0.2, 0.25) is 5.15 Å². The van der Waals surface area contributed by atoms with Gasteiger partial charge in [-0.05, 0) is 39.7 Å². The second kappa shape index (κ2) is 7.76. The predicted octanol–water partition coefficient (Wildman–Crippen LogP) is 10.1. The second-order valence-corrected chi connectivity index (χ2v) is 11.3. The number of hydrogen-bond acceptors (Lipinski definition) is 3. The summed E-state index contributed by atoms with van der Waals surface area (Å²) in [5.41, 5.74) is 3.80. The van der Waals surface area contributed by atoms with Crippen LogP contribution in [-0.4, -0.2) is 14.5 Å². The maximum Gasteiger partial charge on any atom is 0.176 e. The second-order valence-electron chi connectivity index (χ2n) is 9.92. The number of rotatable bonds is 1. The Morgan fingerprint density at radius 1 is 0.538 bits per heavy atom.